The quantitative estimate of drug-likeness (QED) is 0.839. The van der Waals surface area contributed by atoms with Gasteiger partial charge in [-0.3, -0.25) is 0 Å². The van der Waals surface area contributed by atoms with Crippen molar-refractivity contribution >= 4 is 11.6 Å². The Hall–Kier alpha value is -1.38. The van der Waals surface area contributed by atoms with Crippen molar-refractivity contribution in [1.82, 2.24) is 5.32 Å². The van der Waals surface area contributed by atoms with Crippen molar-refractivity contribution in [1.29, 1.82) is 0 Å². The second-order valence-corrected chi connectivity index (χ2v) is 5.15. The van der Waals surface area contributed by atoms with Crippen LogP contribution in [0.1, 0.15) is 37.1 Å². The molecule has 0 saturated carbocycles. The minimum Gasteiger partial charge on any atom is -0.304 e. The van der Waals surface area contributed by atoms with Gasteiger partial charge in [0.05, 0.1) is 0 Å². The van der Waals surface area contributed by atoms with E-state index < -0.39 is 0 Å². The average molecular weight is 278 g/mol. The molecule has 0 aliphatic carbocycles. The number of rotatable bonds is 4. The fourth-order valence-electron chi connectivity index (χ4n) is 2.09. The topological polar surface area (TPSA) is 12.0 Å². The SMILES string of the molecule is CC(NC(C)c1cccc(F)c1)c1ccc(Cl)cc1. The van der Waals surface area contributed by atoms with Crippen LogP contribution in [-0.2, 0) is 0 Å². The van der Waals surface area contributed by atoms with E-state index in [4.69, 9.17) is 11.6 Å². The predicted octanol–water partition coefficient (Wildman–Crippen LogP) is 4.89. The second-order valence-electron chi connectivity index (χ2n) is 4.72. The first kappa shape index (κ1) is 14.0. The highest BCUT2D eigenvalue weighted by Crippen LogP contribution is 2.21. The van der Waals surface area contributed by atoms with Crippen molar-refractivity contribution in [3.63, 3.8) is 0 Å². The summed E-state index contributed by atoms with van der Waals surface area (Å²) < 4.78 is 13.2. The van der Waals surface area contributed by atoms with Crippen LogP contribution in [0.2, 0.25) is 5.02 Å². The molecular weight excluding hydrogens is 261 g/mol. The lowest BCUT2D eigenvalue weighted by Crippen LogP contribution is -2.22. The zero-order chi connectivity index (χ0) is 13.8. The maximum Gasteiger partial charge on any atom is 0.123 e. The first-order valence-electron chi connectivity index (χ1n) is 6.33. The molecule has 2 unspecified atom stereocenters. The summed E-state index contributed by atoms with van der Waals surface area (Å²) in [7, 11) is 0. The van der Waals surface area contributed by atoms with E-state index in [0.29, 0.717) is 0 Å². The normalized spacial score (nSPS) is 14.1. The van der Waals surface area contributed by atoms with Gasteiger partial charge in [-0.05, 0) is 49.2 Å². The van der Waals surface area contributed by atoms with Crippen molar-refractivity contribution < 1.29 is 4.39 Å². The van der Waals surface area contributed by atoms with E-state index in [9.17, 15) is 4.39 Å². The number of hydrogen-bond acceptors (Lipinski definition) is 1. The van der Waals surface area contributed by atoms with Gasteiger partial charge in [0.15, 0.2) is 0 Å². The highest BCUT2D eigenvalue weighted by Gasteiger charge is 2.11. The van der Waals surface area contributed by atoms with Crippen molar-refractivity contribution in [2.45, 2.75) is 25.9 Å². The summed E-state index contributed by atoms with van der Waals surface area (Å²) in [5.74, 6) is -0.203. The Bertz CT molecular complexity index is 539. The molecule has 1 nitrogen and oxygen atoms in total. The van der Waals surface area contributed by atoms with Gasteiger partial charge in [0.25, 0.3) is 0 Å². The van der Waals surface area contributed by atoms with Crippen LogP contribution in [0.5, 0.6) is 0 Å². The van der Waals surface area contributed by atoms with Gasteiger partial charge < -0.3 is 5.32 Å². The fraction of sp³-hybridized carbons (Fsp3) is 0.250. The second kappa shape index (κ2) is 6.18. The van der Waals surface area contributed by atoms with Crippen LogP contribution in [-0.4, -0.2) is 0 Å². The molecule has 2 aromatic rings. The standard InChI is InChI=1S/C16H17ClFN/c1-11(13-6-8-15(17)9-7-13)19-12(2)14-4-3-5-16(18)10-14/h3-12,19H,1-2H3. The molecule has 2 aromatic carbocycles. The van der Waals surface area contributed by atoms with Crippen molar-refractivity contribution in [2.24, 2.45) is 0 Å². The van der Waals surface area contributed by atoms with Gasteiger partial charge in [-0.25, -0.2) is 4.39 Å². The summed E-state index contributed by atoms with van der Waals surface area (Å²) in [6, 6.07) is 14.7. The van der Waals surface area contributed by atoms with Crippen LogP contribution in [0.4, 0.5) is 4.39 Å². The zero-order valence-electron chi connectivity index (χ0n) is 11.0. The minimum atomic E-state index is -0.203. The summed E-state index contributed by atoms with van der Waals surface area (Å²) in [6.45, 7) is 4.11. The summed E-state index contributed by atoms with van der Waals surface area (Å²) in [5, 5.41) is 4.18. The molecule has 0 aromatic heterocycles. The summed E-state index contributed by atoms with van der Waals surface area (Å²) in [4.78, 5) is 0. The van der Waals surface area contributed by atoms with E-state index in [-0.39, 0.29) is 17.9 Å². The third kappa shape index (κ3) is 3.79. The number of hydrogen-bond donors (Lipinski definition) is 1. The van der Waals surface area contributed by atoms with Crippen LogP contribution in [0.25, 0.3) is 0 Å². The Labute approximate surface area is 118 Å². The minimum absolute atomic E-state index is 0.0846. The summed E-state index contributed by atoms with van der Waals surface area (Å²) >= 11 is 5.87. The lowest BCUT2D eigenvalue weighted by atomic mass is 10.0. The van der Waals surface area contributed by atoms with Crippen molar-refractivity contribution in [3.05, 3.63) is 70.5 Å². The molecule has 0 bridgehead atoms. The molecule has 19 heavy (non-hydrogen) atoms. The molecule has 0 aliphatic rings. The van der Waals surface area contributed by atoms with Gasteiger partial charge in [-0.1, -0.05) is 35.9 Å². The average Bonchev–Trinajstić information content (AvgIpc) is 2.39. The maximum absolute atomic E-state index is 13.2. The van der Waals surface area contributed by atoms with Gasteiger partial charge in [0.1, 0.15) is 5.82 Å². The van der Waals surface area contributed by atoms with Gasteiger partial charge >= 0.3 is 0 Å². The van der Waals surface area contributed by atoms with Gasteiger partial charge in [0, 0.05) is 17.1 Å². The molecule has 0 amide bonds. The Morgan fingerprint density at radius 1 is 0.947 bits per heavy atom. The molecule has 3 heteroatoms. The predicted molar refractivity (Wildman–Crippen MR) is 77.8 cm³/mol. The lowest BCUT2D eigenvalue weighted by molar-refractivity contribution is 0.492. The third-order valence-electron chi connectivity index (χ3n) is 3.22. The van der Waals surface area contributed by atoms with Gasteiger partial charge in [-0.15, -0.1) is 0 Å². The fourth-order valence-corrected chi connectivity index (χ4v) is 2.22. The Balaban J connectivity index is 2.06. The van der Waals surface area contributed by atoms with E-state index >= 15 is 0 Å². The van der Waals surface area contributed by atoms with E-state index in [2.05, 4.69) is 12.2 Å². The third-order valence-corrected chi connectivity index (χ3v) is 3.47. The van der Waals surface area contributed by atoms with Crippen molar-refractivity contribution in [2.75, 3.05) is 0 Å². The first-order valence-corrected chi connectivity index (χ1v) is 6.71. The lowest BCUT2D eigenvalue weighted by Gasteiger charge is -2.21. The van der Waals surface area contributed by atoms with E-state index in [1.807, 2.05) is 37.3 Å². The molecular formula is C16H17ClFN. The van der Waals surface area contributed by atoms with Crippen LogP contribution >= 0.6 is 11.6 Å². The molecule has 0 fully saturated rings. The van der Waals surface area contributed by atoms with E-state index in [1.54, 1.807) is 12.1 Å². The highest BCUT2D eigenvalue weighted by molar-refractivity contribution is 6.30. The number of benzene rings is 2. The molecule has 0 saturated heterocycles. The van der Waals surface area contributed by atoms with Crippen LogP contribution < -0.4 is 5.32 Å². The molecule has 2 atom stereocenters. The molecule has 0 aliphatic heterocycles. The first-order chi connectivity index (χ1) is 9.06. The van der Waals surface area contributed by atoms with Crippen molar-refractivity contribution in [3.8, 4) is 0 Å². The molecule has 0 heterocycles. The molecule has 100 valence electrons. The van der Waals surface area contributed by atoms with E-state index in [0.717, 1.165) is 16.1 Å². The Morgan fingerprint density at radius 2 is 1.58 bits per heavy atom. The smallest absolute Gasteiger partial charge is 0.123 e. The Kier molecular flexibility index (Phi) is 4.56. The molecule has 2 rings (SSSR count). The highest BCUT2D eigenvalue weighted by atomic mass is 35.5. The largest absolute Gasteiger partial charge is 0.304 e. The van der Waals surface area contributed by atoms with Crippen LogP contribution in [0.3, 0.4) is 0 Å². The van der Waals surface area contributed by atoms with Gasteiger partial charge in [-0.2, -0.15) is 0 Å². The zero-order valence-corrected chi connectivity index (χ0v) is 11.8. The number of nitrogens with one attached hydrogen (secondary N) is 1. The Morgan fingerprint density at radius 3 is 2.21 bits per heavy atom. The van der Waals surface area contributed by atoms with E-state index in [1.165, 1.54) is 6.07 Å². The van der Waals surface area contributed by atoms with Gasteiger partial charge in [0.2, 0.25) is 0 Å². The number of halogens is 2. The molecule has 0 radical (unpaired) electrons. The van der Waals surface area contributed by atoms with Crippen LogP contribution in [0.15, 0.2) is 48.5 Å². The molecule has 1 N–H and O–H groups in total. The van der Waals surface area contributed by atoms with Crippen LogP contribution in [0, 0.1) is 5.82 Å². The summed E-state index contributed by atoms with van der Waals surface area (Å²) in [6.07, 6.45) is 0. The molecule has 0 spiro atoms. The summed E-state index contributed by atoms with van der Waals surface area (Å²) in [5.41, 5.74) is 2.11. The maximum atomic E-state index is 13.2. The monoisotopic (exact) mass is 277 g/mol.